The first-order chi connectivity index (χ1) is 10.7. The molecule has 2 atom stereocenters. The van der Waals surface area contributed by atoms with E-state index in [4.69, 9.17) is 4.74 Å². The van der Waals surface area contributed by atoms with Crippen LogP contribution in [-0.2, 0) is 4.74 Å². The molecule has 2 bridgehead atoms. The summed E-state index contributed by atoms with van der Waals surface area (Å²) < 4.78 is 5.94. The molecule has 0 unspecified atom stereocenters. The number of hydrogen-bond acceptors (Lipinski definition) is 4. The summed E-state index contributed by atoms with van der Waals surface area (Å²) in [6.07, 6.45) is 4.94. The summed E-state index contributed by atoms with van der Waals surface area (Å²) in [5, 5.41) is 1.03. The van der Waals surface area contributed by atoms with Crippen LogP contribution in [-0.4, -0.2) is 41.7 Å². The molecule has 0 aromatic heterocycles. The average molecular weight is 316 g/mol. The van der Waals surface area contributed by atoms with Crippen LogP contribution in [0.2, 0.25) is 0 Å². The predicted molar refractivity (Wildman–Crippen MR) is 90.5 cm³/mol. The molecule has 5 rings (SSSR count). The molecule has 1 aromatic rings. The van der Waals surface area contributed by atoms with E-state index in [1.807, 2.05) is 0 Å². The van der Waals surface area contributed by atoms with Crippen LogP contribution >= 0.6 is 11.8 Å². The smallest absolute Gasteiger partial charge is 0.176 e. The first-order valence-corrected chi connectivity index (χ1v) is 9.11. The summed E-state index contributed by atoms with van der Waals surface area (Å²) in [6.45, 7) is 7.79. The molecule has 4 aliphatic rings. The Balaban J connectivity index is 1.46. The summed E-state index contributed by atoms with van der Waals surface area (Å²) >= 11 is 1.73. The number of aryl methyl sites for hydroxylation is 1. The number of fused-ring (bicyclic) bond motifs is 3. The van der Waals surface area contributed by atoms with Crippen LogP contribution in [0.25, 0.3) is 0 Å². The predicted octanol–water partition coefficient (Wildman–Crippen LogP) is 3.66. The Morgan fingerprint density at radius 1 is 1.14 bits per heavy atom. The van der Waals surface area contributed by atoms with E-state index in [2.05, 4.69) is 54.1 Å². The molecule has 0 N–H and O–H groups in total. The molecule has 1 aromatic carbocycles. The van der Waals surface area contributed by atoms with E-state index in [0.717, 1.165) is 11.0 Å². The van der Waals surface area contributed by atoms with Crippen LogP contribution in [0.4, 0.5) is 0 Å². The second-order valence-electron chi connectivity index (χ2n) is 6.76. The monoisotopic (exact) mass is 316 g/mol. The van der Waals surface area contributed by atoms with Gasteiger partial charge in [-0.2, -0.15) is 0 Å². The maximum Gasteiger partial charge on any atom is 0.176 e. The molecule has 4 heterocycles. The van der Waals surface area contributed by atoms with Crippen LogP contribution in [0.5, 0.6) is 0 Å². The van der Waals surface area contributed by atoms with Crippen molar-refractivity contribution < 1.29 is 4.74 Å². The number of hydrogen-bond donors (Lipinski definition) is 0. The zero-order valence-electron chi connectivity index (χ0n) is 13.4. The van der Waals surface area contributed by atoms with Crippen molar-refractivity contribution in [3.8, 4) is 0 Å². The van der Waals surface area contributed by atoms with E-state index in [1.54, 1.807) is 11.8 Å². The minimum Gasteiger partial charge on any atom is -0.465 e. The third-order valence-electron chi connectivity index (χ3n) is 5.38. The molecule has 0 saturated carbocycles. The molecule has 0 spiro atoms. The van der Waals surface area contributed by atoms with E-state index in [1.165, 1.54) is 36.4 Å². The number of nitrogens with zero attached hydrogens (tertiary/aromatic N) is 2. The fourth-order valence-corrected chi connectivity index (χ4v) is 4.93. The maximum atomic E-state index is 5.94. The molecule has 4 heteroatoms. The van der Waals surface area contributed by atoms with Gasteiger partial charge in [0.25, 0.3) is 0 Å². The van der Waals surface area contributed by atoms with Crippen molar-refractivity contribution in [2.24, 2.45) is 5.92 Å². The van der Waals surface area contributed by atoms with Crippen molar-refractivity contribution in [3.63, 3.8) is 0 Å². The summed E-state index contributed by atoms with van der Waals surface area (Å²) in [5.41, 5.74) is 1.30. The number of benzene rings is 1. The highest BCUT2D eigenvalue weighted by atomic mass is 32.2. The lowest BCUT2D eigenvalue weighted by Gasteiger charge is -2.52. The molecule has 3 saturated heterocycles. The van der Waals surface area contributed by atoms with Gasteiger partial charge in [0.1, 0.15) is 0 Å². The van der Waals surface area contributed by atoms with Gasteiger partial charge in [-0.05, 0) is 57.8 Å². The van der Waals surface area contributed by atoms with Crippen molar-refractivity contribution >= 4 is 11.8 Å². The van der Waals surface area contributed by atoms with E-state index in [9.17, 15) is 0 Å². The first kappa shape index (κ1) is 14.5. The lowest BCUT2D eigenvalue weighted by molar-refractivity contribution is -0.0349. The third-order valence-corrected chi connectivity index (χ3v) is 6.31. The van der Waals surface area contributed by atoms with Gasteiger partial charge >= 0.3 is 0 Å². The number of ether oxygens (including phenoxy) is 1. The minimum absolute atomic E-state index is 0.624. The standard InChI is InChI=1S/C18H24N2OS/c1-13-3-5-16(6-4-13)22-17-11-20(12-21-17)18-14(2)19-9-7-15(18)8-10-19/h3-6,11,14-15,18H,7-10,12H2,1-2H3/t14-,18-/m0/s1. The molecule has 0 amide bonds. The highest BCUT2D eigenvalue weighted by molar-refractivity contribution is 8.02. The fourth-order valence-electron chi connectivity index (χ4n) is 4.12. The Morgan fingerprint density at radius 2 is 1.86 bits per heavy atom. The average Bonchev–Trinajstić information content (AvgIpc) is 2.99. The van der Waals surface area contributed by atoms with E-state index < -0.39 is 0 Å². The first-order valence-electron chi connectivity index (χ1n) is 8.29. The van der Waals surface area contributed by atoms with Gasteiger partial charge in [-0.15, -0.1) is 0 Å². The minimum atomic E-state index is 0.624. The summed E-state index contributed by atoms with van der Waals surface area (Å²) in [6, 6.07) is 9.93. The van der Waals surface area contributed by atoms with Gasteiger partial charge in [0.05, 0.1) is 6.20 Å². The number of piperidine rings is 3. The van der Waals surface area contributed by atoms with Crippen LogP contribution in [0.1, 0.15) is 25.3 Å². The summed E-state index contributed by atoms with van der Waals surface area (Å²) in [7, 11) is 0. The normalized spacial score (nSPS) is 33.7. The van der Waals surface area contributed by atoms with Gasteiger partial charge in [-0.3, -0.25) is 4.90 Å². The molecular weight excluding hydrogens is 292 g/mol. The van der Waals surface area contributed by atoms with Crippen molar-refractivity contribution in [3.05, 3.63) is 41.1 Å². The Morgan fingerprint density at radius 3 is 2.55 bits per heavy atom. The quantitative estimate of drug-likeness (QED) is 0.845. The molecule has 22 heavy (non-hydrogen) atoms. The van der Waals surface area contributed by atoms with Gasteiger partial charge in [0.2, 0.25) is 0 Å². The highest BCUT2D eigenvalue weighted by Gasteiger charge is 2.43. The molecule has 118 valence electrons. The molecule has 3 nitrogen and oxygen atoms in total. The third kappa shape index (κ3) is 2.63. The van der Waals surface area contributed by atoms with Crippen molar-refractivity contribution in [2.45, 2.75) is 43.7 Å². The maximum absolute atomic E-state index is 5.94. The summed E-state index contributed by atoms with van der Waals surface area (Å²) in [5.74, 6) is 0.837. The van der Waals surface area contributed by atoms with Crippen LogP contribution in [0.3, 0.4) is 0 Å². The van der Waals surface area contributed by atoms with Crippen molar-refractivity contribution in [1.82, 2.24) is 9.80 Å². The van der Waals surface area contributed by atoms with Gasteiger partial charge in [-0.25, -0.2) is 0 Å². The van der Waals surface area contributed by atoms with Gasteiger partial charge in [0, 0.05) is 17.0 Å². The van der Waals surface area contributed by atoms with E-state index in [-0.39, 0.29) is 0 Å². The molecule has 0 aliphatic carbocycles. The Labute approximate surface area is 137 Å². The van der Waals surface area contributed by atoms with Crippen molar-refractivity contribution in [2.75, 3.05) is 19.8 Å². The fraction of sp³-hybridized carbons (Fsp3) is 0.556. The number of rotatable bonds is 3. The second-order valence-corrected chi connectivity index (χ2v) is 7.83. The Hall–Kier alpha value is -1.13. The zero-order valence-corrected chi connectivity index (χ0v) is 14.2. The SMILES string of the molecule is Cc1ccc(SC2=CN([C@@H]3C4CCN(CC4)[C@H]3C)CO2)cc1. The molecule has 4 aliphatic heterocycles. The lowest BCUT2D eigenvalue weighted by atomic mass is 9.78. The van der Waals surface area contributed by atoms with Crippen LogP contribution in [0.15, 0.2) is 40.5 Å². The van der Waals surface area contributed by atoms with Crippen molar-refractivity contribution in [1.29, 1.82) is 0 Å². The van der Waals surface area contributed by atoms with Gasteiger partial charge < -0.3 is 9.64 Å². The van der Waals surface area contributed by atoms with Crippen LogP contribution in [0, 0.1) is 12.8 Å². The molecule has 0 radical (unpaired) electrons. The van der Waals surface area contributed by atoms with Gasteiger partial charge in [0.15, 0.2) is 11.8 Å². The Bertz CT molecular complexity index is 561. The highest BCUT2D eigenvalue weighted by Crippen LogP contribution is 2.39. The molecule has 3 fully saturated rings. The zero-order chi connectivity index (χ0) is 15.1. The van der Waals surface area contributed by atoms with Crippen LogP contribution < -0.4 is 0 Å². The van der Waals surface area contributed by atoms with Gasteiger partial charge in [-0.1, -0.05) is 29.5 Å². The van der Waals surface area contributed by atoms with E-state index >= 15 is 0 Å². The largest absolute Gasteiger partial charge is 0.465 e. The molecular formula is C18H24N2OS. The topological polar surface area (TPSA) is 15.7 Å². The van der Waals surface area contributed by atoms with E-state index in [0.29, 0.717) is 18.8 Å². The Kier molecular flexibility index (Phi) is 3.82. The lowest BCUT2D eigenvalue weighted by Crippen LogP contribution is -2.61. The number of thioether (sulfide) groups is 1. The second kappa shape index (κ2) is 5.82. The summed E-state index contributed by atoms with van der Waals surface area (Å²) in [4.78, 5) is 6.33.